The second kappa shape index (κ2) is 6.62. The molecule has 0 saturated carbocycles. The number of carbonyl (C=O) groups excluding carboxylic acids is 2. The van der Waals surface area contributed by atoms with Gasteiger partial charge in [0.25, 0.3) is 0 Å². The molecule has 1 heterocycles. The summed E-state index contributed by atoms with van der Waals surface area (Å²) in [6, 6.07) is 5.82. The summed E-state index contributed by atoms with van der Waals surface area (Å²) in [5.74, 6) is -0.199. The number of amides is 2. The minimum atomic E-state index is -0.374. The number of nitrogens with one attached hydrogen (secondary N) is 2. The van der Waals surface area contributed by atoms with Crippen molar-refractivity contribution in [1.29, 1.82) is 0 Å². The highest BCUT2D eigenvalue weighted by atomic mass is 32.2. The van der Waals surface area contributed by atoms with Crippen LogP contribution in [0.2, 0.25) is 0 Å². The number of aryl methyl sites for hydroxylation is 1. The standard InChI is InChI=1S/C18H20N2O2S/c1-11-6-5-8-13(12(11)2)19-17(21)10-16-18(22)20-14-7-3-4-9-15(14)23-16/h4-6,8-9,16H,3,7,10H2,1-2H3,(H,19,21)(H,20,22). The van der Waals surface area contributed by atoms with E-state index in [9.17, 15) is 9.59 Å². The zero-order valence-electron chi connectivity index (χ0n) is 13.3. The topological polar surface area (TPSA) is 58.2 Å². The Morgan fingerprint density at radius 3 is 3.04 bits per heavy atom. The van der Waals surface area contributed by atoms with Gasteiger partial charge in [-0.2, -0.15) is 0 Å². The van der Waals surface area contributed by atoms with Crippen molar-refractivity contribution in [2.24, 2.45) is 0 Å². The normalized spacial score (nSPS) is 20.1. The summed E-state index contributed by atoms with van der Waals surface area (Å²) in [4.78, 5) is 25.6. The minimum absolute atomic E-state index is 0.0693. The Morgan fingerprint density at radius 1 is 1.39 bits per heavy atom. The lowest BCUT2D eigenvalue weighted by molar-refractivity contribution is -0.123. The summed E-state index contributed by atoms with van der Waals surface area (Å²) >= 11 is 1.49. The van der Waals surface area contributed by atoms with Crippen LogP contribution in [-0.4, -0.2) is 17.1 Å². The van der Waals surface area contributed by atoms with Crippen molar-refractivity contribution in [2.45, 2.75) is 38.4 Å². The van der Waals surface area contributed by atoms with Crippen LogP contribution < -0.4 is 10.6 Å². The van der Waals surface area contributed by atoms with E-state index >= 15 is 0 Å². The molecule has 1 aromatic rings. The highest BCUT2D eigenvalue weighted by Gasteiger charge is 2.30. The molecule has 1 unspecified atom stereocenters. The molecule has 0 spiro atoms. The molecule has 1 aliphatic heterocycles. The van der Waals surface area contributed by atoms with Crippen molar-refractivity contribution >= 4 is 29.3 Å². The molecule has 23 heavy (non-hydrogen) atoms. The number of hydrogen-bond donors (Lipinski definition) is 2. The van der Waals surface area contributed by atoms with Gasteiger partial charge in [0.15, 0.2) is 0 Å². The van der Waals surface area contributed by atoms with Gasteiger partial charge in [-0.3, -0.25) is 9.59 Å². The second-order valence-electron chi connectivity index (χ2n) is 5.88. The summed E-state index contributed by atoms with van der Waals surface area (Å²) in [5.41, 5.74) is 4.00. The van der Waals surface area contributed by atoms with Gasteiger partial charge in [0.05, 0.1) is 5.25 Å². The minimum Gasteiger partial charge on any atom is -0.328 e. The predicted octanol–water partition coefficient (Wildman–Crippen LogP) is 3.43. The Kier molecular flexibility index (Phi) is 4.57. The molecule has 1 atom stereocenters. The van der Waals surface area contributed by atoms with Gasteiger partial charge in [0, 0.05) is 22.7 Å². The van der Waals surface area contributed by atoms with Gasteiger partial charge in [-0.25, -0.2) is 0 Å². The van der Waals surface area contributed by atoms with Gasteiger partial charge in [-0.1, -0.05) is 24.3 Å². The quantitative estimate of drug-likeness (QED) is 0.894. The summed E-state index contributed by atoms with van der Waals surface area (Å²) in [6.07, 6.45) is 6.15. The maximum Gasteiger partial charge on any atom is 0.238 e. The average molecular weight is 328 g/mol. The SMILES string of the molecule is Cc1cccc(NC(=O)CC2SC3=C(CCC=C3)NC2=O)c1C. The Hall–Kier alpha value is -2.01. The monoisotopic (exact) mass is 328 g/mol. The van der Waals surface area contributed by atoms with E-state index in [-0.39, 0.29) is 23.5 Å². The molecule has 120 valence electrons. The van der Waals surface area contributed by atoms with Crippen molar-refractivity contribution in [3.63, 3.8) is 0 Å². The van der Waals surface area contributed by atoms with E-state index in [0.717, 1.165) is 40.3 Å². The smallest absolute Gasteiger partial charge is 0.238 e. The van der Waals surface area contributed by atoms with E-state index in [2.05, 4.69) is 16.7 Å². The van der Waals surface area contributed by atoms with Crippen LogP contribution in [0.25, 0.3) is 0 Å². The van der Waals surface area contributed by atoms with Gasteiger partial charge in [-0.15, -0.1) is 11.8 Å². The fourth-order valence-electron chi connectivity index (χ4n) is 2.70. The molecule has 0 fully saturated rings. The predicted molar refractivity (Wildman–Crippen MR) is 94.1 cm³/mol. The van der Waals surface area contributed by atoms with Crippen LogP contribution in [0, 0.1) is 13.8 Å². The van der Waals surface area contributed by atoms with Crippen LogP contribution in [0.3, 0.4) is 0 Å². The van der Waals surface area contributed by atoms with Crippen molar-refractivity contribution < 1.29 is 9.59 Å². The summed E-state index contributed by atoms with van der Waals surface area (Å²) < 4.78 is 0. The Balaban J connectivity index is 1.66. The molecule has 2 amide bonds. The summed E-state index contributed by atoms with van der Waals surface area (Å²) in [7, 11) is 0. The van der Waals surface area contributed by atoms with Crippen molar-refractivity contribution in [3.8, 4) is 0 Å². The van der Waals surface area contributed by atoms with Gasteiger partial charge in [0.1, 0.15) is 0 Å². The largest absolute Gasteiger partial charge is 0.328 e. The third kappa shape index (κ3) is 3.50. The molecular weight excluding hydrogens is 308 g/mol. The number of hydrogen-bond acceptors (Lipinski definition) is 3. The Bertz CT molecular complexity index is 722. The highest BCUT2D eigenvalue weighted by molar-refractivity contribution is 8.04. The number of benzene rings is 1. The Labute approximate surface area is 140 Å². The van der Waals surface area contributed by atoms with E-state index < -0.39 is 0 Å². The lowest BCUT2D eigenvalue weighted by Gasteiger charge is -2.27. The van der Waals surface area contributed by atoms with Crippen molar-refractivity contribution in [1.82, 2.24) is 5.32 Å². The van der Waals surface area contributed by atoms with Crippen LogP contribution in [-0.2, 0) is 9.59 Å². The summed E-state index contributed by atoms with van der Waals surface area (Å²) in [5, 5.41) is 5.50. The van der Waals surface area contributed by atoms with Crippen LogP contribution in [0.1, 0.15) is 30.4 Å². The number of anilines is 1. The fourth-order valence-corrected chi connectivity index (χ4v) is 3.88. The first kappa shape index (κ1) is 15.9. The molecule has 0 saturated heterocycles. The molecule has 0 bridgehead atoms. The van der Waals surface area contributed by atoms with E-state index in [1.807, 2.05) is 38.1 Å². The Morgan fingerprint density at radius 2 is 2.22 bits per heavy atom. The second-order valence-corrected chi connectivity index (χ2v) is 7.12. The van der Waals surface area contributed by atoms with Crippen LogP contribution >= 0.6 is 11.8 Å². The molecule has 5 heteroatoms. The maximum atomic E-state index is 12.3. The molecule has 2 aliphatic rings. The van der Waals surface area contributed by atoms with E-state index in [1.165, 1.54) is 11.8 Å². The first-order valence-electron chi connectivity index (χ1n) is 7.78. The average Bonchev–Trinajstić information content (AvgIpc) is 2.52. The first-order valence-corrected chi connectivity index (χ1v) is 8.66. The fraction of sp³-hybridized carbons (Fsp3) is 0.333. The van der Waals surface area contributed by atoms with E-state index in [0.29, 0.717) is 0 Å². The third-order valence-corrected chi connectivity index (χ3v) is 5.51. The summed E-state index contributed by atoms with van der Waals surface area (Å²) in [6.45, 7) is 4.00. The van der Waals surface area contributed by atoms with Crippen LogP contribution in [0.5, 0.6) is 0 Å². The van der Waals surface area contributed by atoms with Gasteiger partial charge < -0.3 is 10.6 Å². The van der Waals surface area contributed by atoms with Crippen LogP contribution in [0.15, 0.2) is 41.0 Å². The molecule has 2 N–H and O–H groups in total. The molecule has 3 rings (SSSR count). The van der Waals surface area contributed by atoms with Gasteiger partial charge >= 0.3 is 0 Å². The van der Waals surface area contributed by atoms with Crippen LogP contribution in [0.4, 0.5) is 5.69 Å². The number of carbonyl (C=O) groups is 2. The zero-order chi connectivity index (χ0) is 16.4. The zero-order valence-corrected chi connectivity index (χ0v) is 14.1. The van der Waals surface area contributed by atoms with Crippen molar-refractivity contribution in [2.75, 3.05) is 5.32 Å². The number of rotatable bonds is 3. The lowest BCUT2D eigenvalue weighted by Crippen LogP contribution is -2.38. The van der Waals surface area contributed by atoms with Gasteiger partial charge in [0.2, 0.25) is 11.8 Å². The van der Waals surface area contributed by atoms with E-state index in [1.54, 1.807) is 0 Å². The third-order valence-electron chi connectivity index (χ3n) is 4.21. The van der Waals surface area contributed by atoms with Gasteiger partial charge in [-0.05, 0) is 43.9 Å². The molecule has 0 aromatic heterocycles. The first-order chi connectivity index (χ1) is 11.0. The maximum absolute atomic E-state index is 12.3. The molecular formula is C18H20N2O2S. The number of thioether (sulfide) groups is 1. The molecule has 1 aliphatic carbocycles. The molecule has 4 nitrogen and oxygen atoms in total. The lowest BCUT2D eigenvalue weighted by atomic mass is 10.1. The van der Waals surface area contributed by atoms with E-state index in [4.69, 9.17) is 0 Å². The van der Waals surface area contributed by atoms with Crippen molar-refractivity contribution in [3.05, 3.63) is 52.1 Å². The molecule has 0 radical (unpaired) electrons. The number of allylic oxidation sites excluding steroid dienone is 3. The highest BCUT2D eigenvalue weighted by Crippen LogP contribution is 2.35. The molecule has 1 aromatic carbocycles.